The van der Waals surface area contributed by atoms with Gasteiger partial charge in [-0.3, -0.25) is 10.1 Å². The molecule has 0 heterocycles. The normalized spacial score (nSPS) is 11.8. The summed E-state index contributed by atoms with van der Waals surface area (Å²) in [5, 5.41) is 14.0. The monoisotopic (exact) mass is 446 g/mol. The van der Waals surface area contributed by atoms with Crippen LogP contribution >= 0.6 is 12.2 Å². The highest BCUT2D eigenvalue weighted by Gasteiger charge is 2.37. The van der Waals surface area contributed by atoms with Crippen molar-refractivity contribution in [2.24, 2.45) is 0 Å². The lowest BCUT2D eigenvalue weighted by molar-refractivity contribution is -0.384. The van der Waals surface area contributed by atoms with Gasteiger partial charge >= 0.3 is 0 Å². The quantitative estimate of drug-likeness (QED) is 0.223. The van der Waals surface area contributed by atoms with E-state index in [-0.39, 0.29) is 10.7 Å². The van der Waals surface area contributed by atoms with Gasteiger partial charge in [0.2, 0.25) is 0 Å². The van der Waals surface area contributed by atoms with Gasteiger partial charge in [-0.05, 0) is 67.2 Å². The summed E-state index contributed by atoms with van der Waals surface area (Å²) in [6, 6.07) is 12.1. The summed E-state index contributed by atoms with van der Waals surface area (Å²) in [5.74, 6) is 0.673. The van der Waals surface area contributed by atoms with Crippen LogP contribution < -0.4 is 10.1 Å². The molecule has 0 radical (unpaired) electrons. The Balaban J connectivity index is 2.10. The molecule has 0 fully saturated rings. The van der Waals surface area contributed by atoms with E-state index in [2.05, 4.69) is 19.2 Å². The smallest absolute Gasteiger partial charge is 0.269 e. The molecule has 2 N–H and O–H groups in total. The van der Waals surface area contributed by atoms with Crippen molar-refractivity contribution in [2.45, 2.75) is 51.2 Å². The highest BCUT2D eigenvalue weighted by molar-refractivity contribution is 7.81. The molecule has 162 valence electrons. The first-order valence-corrected chi connectivity index (χ1v) is 13.3. The average molecular weight is 447 g/mol. The van der Waals surface area contributed by atoms with Crippen molar-refractivity contribution in [3.63, 3.8) is 0 Å². The van der Waals surface area contributed by atoms with Gasteiger partial charge in [0.25, 0.3) is 5.69 Å². The van der Waals surface area contributed by atoms with Crippen LogP contribution in [0.25, 0.3) is 0 Å². The van der Waals surface area contributed by atoms with Crippen molar-refractivity contribution in [3.8, 4) is 5.75 Å². The van der Waals surface area contributed by atoms with Crippen LogP contribution in [0.2, 0.25) is 18.1 Å². The number of nitro benzene ring substituents is 1. The summed E-state index contributed by atoms with van der Waals surface area (Å²) in [6.07, 6.45) is 2.82. The Bertz CT molecular complexity index is 908. The predicted octanol–water partition coefficient (Wildman–Crippen LogP) is 5.69. The molecule has 8 heteroatoms. The van der Waals surface area contributed by atoms with E-state index in [1.165, 1.54) is 12.1 Å². The maximum absolute atomic E-state index is 10.8. The Hall–Kier alpha value is -2.29. The zero-order valence-corrected chi connectivity index (χ0v) is 20.0. The van der Waals surface area contributed by atoms with Crippen LogP contribution in [0.5, 0.6) is 5.75 Å². The molecule has 0 saturated heterocycles. The lowest BCUT2D eigenvalue weighted by Crippen LogP contribution is -2.38. The van der Waals surface area contributed by atoms with Crippen LogP contribution in [0.15, 0.2) is 42.5 Å². The second kappa shape index (κ2) is 9.68. The topological polar surface area (TPSA) is 84.6 Å². The number of hydrogen-bond donors (Lipinski definition) is 2. The molecule has 0 aliphatic carbocycles. The second-order valence-electron chi connectivity index (χ2n) is 8.59. The zero-order chi connectivity index (χ0) is 22.5. The summed E-state index contributed by atoms with van der Waals surface area (Å²) in [7, 11) is -0.608. The standard InChI is InChI=1S/C22H30N2O4SSi/c1-22(2,30(4,5)27)14-6-7-16-8-13-20(28-3)19(15-16)23-21(29)17-9-11-18(12-10-17)24(25)26/h8-13,15,27H,6-7,14H2,1-5H3,(H,23,29). The van der Waals surface area contributed by atoms with Crippen LogP contribution in [-0.2, 0) is 6.42 Å². The molecule has 0 spiro atoms. The molecule has 0 aromatic heterocycles. The number of non-ortho nitro benzene ring substituents is 1. The highest BCUT2D eigenvalue weighted by Crippen LogP contribution is 2.40. The van der Waals surface area contributed by atoms with Crippen LogP contribution in [0.1, 0.15) is 37.8 Å². The van der Waals surface area contributed by atoms with Gasteiger partial charge in [-0.25, -0.2) is 0 Å². The van der Waals surface area contributed by atoms with Gasteiger partial charge in [-0.2, -0.15) is 0 Å². The van der Waals surface area contributed by atoms with E-state index >= 15 is 0 Å². The van der Waals surface area contributed by atoms with Crippen LogP contribution in [-0.4, -0.2) is 30.1 Å². The summed E-state index contributed by atoms with van der Waals surface area (Å²) in [5.41, 5.74) is 2.63. The molecule has 0 atom stereocenters. The van der Waals surface area contributed by atoms with E-state index in [0.29, 0.717) is 16.3 Å². The number of ether oxygens (including phenoxy) is 1. The van der Waals surface area contributed by atoms with E-state index in [1.54, 1.807) is 19.2 Å². The first-order valence-electron chi connectivity index (χ1n) is 9.90. The zero-order valence-electron chi connectivity index (χ0n) is 18.2. The van der Waals surface area contributed by atoms with Crippen LogP contribution in [0.4, 0.5) is 11.4 Å². The minimum Gasteiger partial charge on any atom is -0.495 e. The van der Waals surface area contributed by atoms with Crippen molar-refractivity contribution in [3.05, 3.63) is 63.7 Å². The van der Waals surface area contributed by atoms with Crippen molar-refractivity contribution in [2.75, 3.05) is 12.4 Å². The van der Waals surface area contributed by atoms with Gasteiger partial charge in [-0.15, -0.1) is 0 Å². The number of benzene rings is 2. The number of aryl methyl sites for hydroxylation is 1. The molecule has 2 aromatic carbocycles. The molecular formula is C22H30N2O4SSi. The molecule has 0 amide bonds. The summed E-state index contributed by atoms with van der Waals surface area (Å²) >= 11 is 5.48. The first kappa shape index (κ1) is 24.0. The predicted molar refractivity (Wildman–Crippen MR) is 128 cm³/mol. The fourth-order valence-corrected chi connectivity index (χ4v) is 4.01. The molecular weight excluding hydrogens is 416 g/mol. The fourth-order valence-electron chi connectivity index (χ4n) is 2.98. The lowest BCUT2D eigenvalue weighted by Gasteiger charge is -2.35. The third-order valence-electron chi connectivity index (χ3n) is 5.78. The van der Waals surface area contributed by atoms with Crippen molar-refractivity contribution in [1.29, 1.82) is 0 Å². The molecule has 0 bridgehead atoms. The van der Waals surface area contributed by atoms with Crippen molar-refractivity contribution < 1.29 is 14.5 Å². The third kappa shape index (κ3) is 6.10. The minimum absolute atomic E-state index is 0.0261. The Morgan fingerprint density at radius 1 is 1.23 bits per heavy atom. The number of thiocarbonyl (C=S) groups is 1. The maximum Gasteiger partial charge on any atom is 0.269 e. The van der Waals surface area contributed by atoms with Gasteiger partial charge in [0.1, 0.15) is 10.7 Å². The minimum atomic E-state index is -2.21. The van der Waals surface area contributed by atoms with E-state index in [4.69, 9.17) is 17.0 Å². The molecule has 0 saturated carbocycles. The van der Waals surface area contributed by atoms with Gasteiger partial charge in [0.15, 0.2) is 8.32 Å². The maximum atomic E-state index is 10.8. The summed E-state index contributed by atoms with van der Waals surface area (Å²) < 4.78 is 5.45. The number of anilines is 1. The average Bonchev–Trinajstić information content (AvgIpc) is 2.67. The molecule has 0 aliphatic rings. The van der Waals surface area contributed by atoms with Gasteiger partial charge < -0.3 is 14.8 Å². The third-order valence-corrected chi connectivity index (χ3v) is 9.68. The van der Waals surface area contributed by atoms with Crippen LogP contribution in [0.3, 0.4) is 0 Å². The van der Waals surface area contributed by atoms with Crippen molar-refractivity contribution in [1.82, 2.24) is 0 Å². The second-order valence-corrected chi connectivity index (χ2v) is 13.5. The number of methoxy groups -OCH3 is 1. The number of rotatable bonds is 9. The molecule has 2 rings (SSSR count). The molecule has 2 aromatic rings. The summed E-state index contributed by atoms with van der Waals surface area (Å²) in [4.78, 5) is 21.3. The van der Waals surface area contributed by atoms with Gasteiger partial charge in [-0.1, -0.05) is 32.1 Å². The molecule has 0 unspecified atom stereocenters. The van der Waals surface area contributed by atoms with E-state index < -0.39 is 13.2 Å². The Morgan fingerprint density at radius 3 is 2.40 bits per heavy atom. The summed E-state index contributed by atoms with van der Waals surface area (Å²) in [6.45, 7) is 8.26. The van der Waals surface area contributed by atoms with E-state index in [0.717, 1.165) is 30.5 Å². The van der Waals surface area contributed by atoms with Gasteiger partial charge in [0, 0.05) is 17.7 Å². The first-order chi connectivity index (χ1) is 13.9. The SMILES string of the molecule is COc1ccc(CCCC(C)(C)[Si](C)(C)O)cc1NC(=S)c1ccc([N+](=O)[O-])cc1. The Kier molecular flexibility index (Phi) is 7.74. The molecule has 30 heavy (non-hydrogen) atoms. The van der Waals surface area contributed by atoms with Crippen molar-refractivity contribution >= 4 is 36.9 Å². The number of hydrogen-bond acceptors (Lipinski definition) is 5. The lowest BCUT2D eigenvalue weighted by atomic mass is 10.0. The van der Waals surface area contributed by atoms with E-state index in [9.17, 15) is 14.9 Å². The number of nitrogens with zero attached hydrogens (tertiary/aromatic N) is 1. The fraction of sp³-hybridized carbons (Fsp3) is 0.409. The molecule has 6 nitrogen and oxygen atoms in total. The Labute approximate surface area is 184 Å². The Morgan fingerprint density at radius 2 is 1.87 bits per heavy atom. The van der Waals surface area contributed by atoms with Gasteiger partial charge in [0.05, 0.1) is 17.7 Å². The number of nitro groups is 1. The van der Waals surface area contributed by atoms with E-state index in [1.807, 2.05) is 31.3 Å². The highest BCUT2D eigenvalue weighted by atomic mass is 32.1. The van der Waals surface area contributed by atoms with Crippen LogP contribution in [0, 0.1) is 10.1 Å². The number of nitrogens with one attached hydrogen (secondary N) is 1. The largest absolute Gasteiger partial charge is 0.495 e. The molecule has 0 aliphatic heterocycles.